The molecule has 0 aliphatic rings. The van der Waals surface area contributed by atoms with Crippen LogP contribution >= 0.6 is 0 Å². The minimum Gasteiger partial charge on any atom is -0.382 e. The van der Waals surface area contributed by atoms with Gasteiger partial charge in [0.05, 0.1) is 0 Å². The fraction of sp³-hybridized carbons (Fsp3) is 0.167. The van der Waals surface area contributed by atoms with Crippen LogP contribution in [0, 0.1) is 0 Å². The molecule has 0 aliphatic heterocycles. The zero-order chi connectivity index (χ0) is 8.10. The monoisotopic (exact) mass is 150 g/mol. The van der Waals surface area contributed by atoms with Crippen molar-refractivity contribution in [3.8, 4) is 0 Å². The molecule has 5 nitrogen and oxygen atoms in total. The van der Waals surface area contributed by atoms with E-state index in [0.717, 1.165) is 0 Å². The molecule has 1 N–H and O–H groups in total. The maximum absolute atomic E-state index is 9.06. The van der Waals surface area contributed by atoms with Crippen molar-refractivity contribution in [3.63, 3.8) is 0 Å². The Balaban J connectivity index is 2.84. The summed E-state index contributed by atoms with van der Waals surface area (Å²) in [6.45, 7) is 0. The molecular weight excluding hydrogens is 144 g/mol. The third kappa shape index (κ3) is 1.93. The zero-order valence-electron chi connectivity index (χ0n) is 5.62. The quantitative estimate of drug-likeness (QED) is 0.392. The van der Waals surface area contributed by atoms with Crippen molar-refractivity contribution in [2.45, 2.75) is 6.23 Å². The number of aromatic nitrogens is 1. The van der Waals surface area contributed by atoms with Gasteiger partial charge in [-0.2, -0.15) is 0 Å². The molecule has 0 saturated carbocycles. The topological polar surface area (TPSA) is 81.9 Å². The molecule has 1 heterocycles. The van der Waals surface area contributed by atoms with Gasteiger partial charge in [0, 0.05) is 22.9 Å². The Labute approximate surface area is 62.9 Å². The first kappa shape index (κ1) is 7.53. The van der Waals surface area contributed by atoms with Gasteiger partial charge < -0.3 is 5.11 Å². The molecular formula is C6H6N4O. The summed E-state index contributed by atoms with van der Waals surface area (Å²) in [6, 6.07) is 3.29. The Hall–Kier alpha value is -1.58. The molecule has 5 heteroatoms. The molecule has 0 aromatic carbocycles. The van der Waals surface area contributed by atoms with Gasteiger partial charge in [0.15, 0.2) is 6.23 Å². The van der Waals surface area contributed by atoms with E-state index in [0.29, 0.717) is 5.56 Å². The van der Waals surface area contributed by atoms with Crippen molar-refractivity contribution >= 4 is 0 Å². The normalized spacial score (nSPS) is 11.7. The summed E-state index contributed by atoms with van der Waals surface area (Å²) in [6.07, 6.45) is 1.89. The maximum atomic E-state index is 9.06. The first-order valence-electron chi connectivity index (χ1n) is 2.97. The lowest BCUT2D eigenvalue weighted by Gasteiger charge is -2.00. The van der Waals surface area contributed by atoms with Crippen molar-refractivity contribution in [2.24, 2.45) is 5.11 Å². The van der Waals surface area contributed by atoms with Crippen LogP contribution < -0.4 is 0 Å². The Kier molecular flexibility index (Phi) is 2.43. The summed E-state index contributed by atoms with van der Waals surface area (Å²) < 4.78 is 0. The smallest absolute Gasteiger partial charge is 0.159 e. The average molecular weight is 150 g/mol. The summed E-state index contributed by atoms with van der Waals surface area (Å²) >= 11 is 0. The lowest BCUT2D eigenvalue weighted by atomic mass is 10.3. The minimum absolute atomic E-state index is 0.491. The van der Waals surface area contributed by atoms with Gasteiger partial charge in [0.2, 0.25) is 0 Å². The summed E-state index contributed by atoms with van der Waals surface area (Å²) in [5.41, 5.74) is 8.47. The number of aliphatic hydroxyl groups is 1. The van der Waals surface area contributed by atoms with Gasteiger partial charge in [-0.1, -0.05) is 11.2 Å². The van der Waals surface area contributed by atoms with E-state index < -0.39 is 6.23 Å². The van der Waals surface area contributed by atoms with E-state index in [9.17, 15) is 0 Å². The van der Waals surface area contributed by atoms with Gasteiger partial charge >= 0.3 is 0 Å². The van der Waals surface area contributed by atoms with Crippen molar-refractivity contribution in [2.75, 3.05) is 0 Å². The van der Waals surface area contributed by atoms with Crippen LogP contribution in [0.4, 0.5) is 0 Å². The first-order valence-corrected chi connectivity index (χ1v) is 2.97. The molecule has 0 bridgehead atoms. The van der Waals surface area contributed by atoms with Crippen molar-refractivity contribution in [1.29, 1.82) is 0 Å². The van der Waals surface area contributed by atoms with E-state index >= 15 is 0 Å². The predicted octanol–water partition coefficient (Wildman–Crippen LogP) is 1.38. The SMILES string of the molecule is [N-]=[N+]=NC(O)c1cccnc1. The number of pyridine rings is 1. The maximum Gasteiger partial charge on any atom is 0.159 e. The van der Waals surface area contributed by atoms with Crippen LogP contribution in [0.25, 0.3) is 10.4 Å². The highest BCUT2D eigenvalue weighted by molar-refractivity contribution is 5.10. The fourth-order valence-electron chi connectivity index (χ4n) is 0.644. The number of azide groups is 1. The molecule has 0 saturated heterocycles. The number of hydrogen-bond acceptors (Lipinski definition) is 3. The molecule has 1 rings (SSSR count). The second-order valence-electron chi connectivity index (χ2n) is 1.86. The second-order valence-corrected chi connectivity index (χ2v) is 1.86. The van der Waals surface area contributed by atoms with E-state index in [-0.39, 0.29) is 0 Å². The Morgan fingerprint density at radius 3 is 3.09 bits per heavy atom. The van der Waals surface area contributed by atoms with Gasteiger partial charge in [-0.25, -0.2) is 0 Å². The van der Waals surface area contributed by atoms with Gasteiger partial charge in [-0.05, 0) is 11.6 Å². The van der Waals surface area contributed by atoms with Crippen molar-refractivity contribution < 1.29 is 5.11 Å². The summed E-state index contributed by atoms with van der Waals surface area (Å²) in [5, 5.41) is 12.2. The third-order valence-electron chi connectivity index (χ3n) is 1.14. The fourth-order valence-corrected chi connectivity index (χ4v) is 0.644. The first-order chi connectivity index (χ1) is 5.34. The van der Waals surface area contributed by atoms with E-state index in [1.54, 1.807) is 18.3 Å². The summed E-state index contributed by atoms with van der Waals surface area (Å²) in [7, 11) is 0. The van der Waals surface area contributed by atoms with Gasteiger partial charge in [0.25, 0.3) is 0 Å². The number of nitrogens with zero attached hydrogens (tertiary/aromatic N) is 4. The van der Waals surface area contributed by atoms with Crippen LogP contribution in [0.2, 0.25) is 0 Å². The standard InChI is InChI=1S/C6H6N4O/c7-10-9-6(11)5-2-1-3-8-4-5/h1-4,6,11H. The molecule has 1 atom stereocenters. The summed E-state index contributed by atoms with van der Waals surface area (Å²) in [5.74, 6) is 0. The molecule has 56 valence electrons. The minimum atomic E-state index is -1.13. The van der Waals surface area contributed by atoms with Crippen LogP contribution in [0.1, 0.15) is 11.8 Å². The molecule has 1 aromatic heterocycles. The highest BCUT2D eigenvalue weighted by Gasteiger charge is 2.01. The predicted molar refractivity (Wildman–Crippen MR) is 38.3 cm³/mol. The molecule has 0 spiro atoms. The third-order valence-corrected chi connectivity index (χ3v) is 1.14. The highest BCUT2D eigenvalue weighted by Crippen LogP contribution is 2.11. The molecule has 0 radical (unpaired) electrons. The summed E-state index contributed by atoms with van der Waals surface area (Å²) in [4.78, 5) is 6.20. The Bertz CT molecular complexity index is 267. The van der Waals surface area contributed by atoms with E-state index in [1.165, 1.54) is 6.20 Å². The molecule has 1 unspecified atom stereocenters. The second kappa shape index (κ2) is 3.55. The number of rotatable bonds is 2. The van der Waals surface area contributed by atoms with Gasteiger partial charge in [-0.15, -0.1) is 0 Å². The zero-order valence-corrected chi connectivity index (χ0v) is 5.62. The molecule has 11 heavy (non-hydrogen) atoms. The molecule has 0 amide bonds. The van der Waals surface area contributed by atoms with Crippen LogP contribution in [0.3, 0.4) is 0 Å². The van der Waals surface area contributed by atoms with Gasteiger partial charge in [0.1, 0.15) is 0 Å². The van der Waals surface area contributed by atoms with Gasteiger partial charge in [-0.3, -0.25) is 4.98 Å². The lowest BCUT2D eigenvalue weighted by Crippen LogP contribution is -1.91. The van der Waals surface area contributed by atoms with Crippen LogP contribution in [-0.2, 0) is 0 Å². The van der Waals surface area contributed by atoms with E-state index in [4.69, 9.17) is 10.6 Å². The van der Waals surface area contributed by atoms with Crippen LogP contribution in [0.5, 0.6) is 0 Å². The molecule has 0 aliphatic carbocycles. The van der Waals surface area contributed by atoms with Crippen LogP contribution in [-0.4, -0.2) is 10.1 Å². The lowest BCUT2D eigenvalue weighted by molar-refractivity contribution is 0.186. The van der Waals surface area contributed by atoms with Crippen LogP contribution in [0.15, 0.2) is 29.6 Å². The van der Waals surface area contributed by atoms with E-state index in [2.05, 4.69) is 15.0 Å². The van der Waals surface area contributed by atoms with E-state index in [1.807, 2.05) is 0 Å². The Morgan fingerprint density at radius 1 is 1.73 bits per heavy atom. The molecule has 1 aromatic rings. The van der Waals surface area contributed by atoms with Crippen molar-refractivity contribution in [3.05, 3.63) is 40.5 Å². The number of aliphatic hydroxyl groups excluding tert-OH is 1. The Morgan fingerprint density at radius 2 is 2.55 bits per heavy atom. The molecule has 0 fully saturated rings. The van der Waals surface area contributed by atoms with Crippen molar-refractivity contribution in [1.82, 2.24) is 4.98 Å². The average Bonchev–Trinajstić information content (AvgIpc) is 2.07. The number of hydrogen-bond donors (Lipinski definition) is 1. The highest BCUT2D eigenvalue weighted by atomic mass is 16.3. The largest absolute Gasteiger partial charge is 0.382 e.